The average molecular weight is 1450 g/mol. The minimum Gasteiger partial charge on any atom is -0.508 e. The quantitative estimate of drug-likeness (QED) is 0.0221. The summed E-state index contributed by atoms with van der Waals surface area (Å²) in [5.74, 6) is -13.2. The number of thiol groups is 2. The van der Waals surface area contributed by atoms with Gasteiger partial charge in [0.1, 0.15) is 66.2 Å². The third-order valence-corrected chi connectivity index (χ3v) is 17.9. The number of para-hydroxylation sites is 1. The fourth-order valence-corrected chi connectivity index (χ4v) is 11.7. The second kappa shape index (κ2) is 37.7. The number of carbonyl (C=O) groups excluding carboxylic acids is 11. The number of likely N-dealkylation sites (N-methyl/N-ethyl adjacent to an activating group) is 1. The predicted molar refractivity (Wildman–Crippen MR) is 387 cm³/mol. The van der Waals surface area contributed by atoms with Crippen LogP contribution in [0.1, 0.15) is 62.1 Å². The summed E-state index contributed by atoms with van der Waals surface area (Å²) in [4.78, 5) is 179. The molecule has 0 spiro atoms. The number of H-pyrrole nitrogens is 2. The highest BCUT2D eigenvalue weighted by Gasteiger charge is 2.39. The van der Waals surface area contributed by atoms with Gasteiger partial charge in [-0.15, -0.1) is 0 Å². The molecule has 0 fully saturated rings. The predicted octanol–water partition coefficient (Wildman–Crippen LogP) is -0.343. The molecule has 0 bridgehead atoms. The van der Waals surface area contributed by atoms with E-state index >= 15 is 9.59 Å². The Morgan fingerprint density at radius 1 is 0.515 bits per heavy atom. The zero-order chi connectivity index (χ0) is 75.2. The van der Waals surface area contributed by atoms with Crippen LogP contribution in [-0.4, -0.2) is 197 Å². The number of aliphatic carboxylic acids is 1. The lowest BCUT2D eigenvalue weighted by Gasteiger charge is -2.32. The molecular formula is C71H87N15O15S2. The Morgan fingerprint density at radius 2 is 1.03 bits per heavy atom. The molecular weight excluding hydrogens is 1370 g/mol. The van der Waals surface area contributed by atoms with Crippen molar-refractivity contribution in [3.63, 3.8) is 0 Å². The summed E-state index contributed by atoms with van der Waals surface area (Å²) in [6.07, 6.45) is 0.710. The molecule has 7 rings (SSSR count). The third-order valence-electron chi connectivity index (χ3n) is 17.1. The van der Waals surface area contributed by atoms with E-state index in [4.69, 9.17) is 11.5 Å². The van der Waals surface area contributed by atoms with Gasteiger partial charge in [-0.25, -0.2) is 4.98 Å². The number of primary amides is 1. The van der Waals surface area contributed by atoms with Crippen molar-refractivity contribution in [2.24, 2.45) is 17.4 Å². The summed E-state index contributed by atoms with van der Waals surface area (Å²) in [7, 11) is 1.30. The number of benzene rings is 5. The number of phenolic OH excluding ortho intramolecular Hbond substituents is 1. The lowest BCUT2D eigenvalue weighted by molar-refractivity contribution is -0.143. The molecule has 7 aromatic rings. The van der Waals surface area contributed by atoms with E-state index in [1.54, 1.807) is 98.9 Å². The Morgan fingerprint density at radius 3 is 1.61 bits per heavy atom. The Balaban J connectivity index is 1.15. The highest BCUT2D eigenvalue weighted by atomic mass is 32.1. The molecule has 2 heterocycles. The summed E-state index contributed by atoms with van der Waals surface area (Å²) in [6, 6.07) is 17.5. The summed E-state index contributed by atoms with van der Waals surface area (Å²) in [5, 5.41) is 56.5. The molecule has 0 saturated heterocycles. The van der Waals surface area contributed by atoms with Gasteiger partial charge in [0.2, 0.25) is 65.0 Å². The number of nitrogens with two attached hydrogens (primary N) is 2. The summed E-state index contributed by atoms with van der Waals surface area (Å²) in [5.41, 5.74) is 14.7. The maximum absolute atomic E-state index is 15.2. The van der Waals surface area contributed by atoms with Crippen LogP contribution in [0.15, 0.2) is 140 Å². The van der Waals surface area contributed by atoms with E-state index in [2.05, 4.69) is 88.1 Å². The van der Waals surface area contributed by atoms with Crippen LogP contribution < -0.4 is 59.3 Å². The van der Waals surface area contributed by atoms with Crippen molar-refractivity contribution >= 4 is 118 Å². The molecule has 11 amide bonds. The minimum atomic E-state index is -1.81. The number of aliphatic hydroxyl groups is 1. The second-order valence-electron chi connectivity index (χ2n) is 25.2. The normalized spacial score (nSPS) is 14.8. The Bertz CT molecular complexity index is 4140. The highest BCUT2D eigenvalue weighted by molar-refractivity contribution is 7.80. The number of aliphatic hydroxyl groups excluding tert-OH is 1. The van der Waals surface area contributed by atoms with Crippen molar-refractivity contribution in [2.45, 2.75) is 139 Å². The first kappa shape index (κ1) is 79.5. The van der Waals surface area contributed by atoms with Gasteiger partial charge in [0.25, 0.3) is 0 Å². The van der Waals surface area contributed by atoms with Gasteiger partial charge in [-0.2, -0.15) is 25.3 Å². The zero-order valence-corrected chi connectivity index (χ0v) is 58.9. The Kier molecular flexibility index (Phi) is 29.1. The number of aromatic nitrogens is 3. The first-order valence-electron chi connectivity index (χ1n) is 33.0. The monoisotopic (exact) mass is 1450 g/mol. The van der Waals surface area contributed by atoms with E-state index in [0.717, 1.165) is 10.3 Å². The fraction of sp³-hybridized carbons (Fsp3) is 0.366. The minimum absolute atomic E-state index is 0.00239. The summed E-state index contributed by atoms with van der Waals surface area (Å²) < 4.78 is 0. The molecule has 0 unspecified atom stereocenters. The summed E-state index contributed by atoms with van der Waals surface area (Å²) in [6.45, 7) is 5.68. The van der Waals surface area contributed by atoms with E-state index in [1.807, 2.05) is 18.2 Å². The van der Waals surface area contributed by atoms with Crippen molar-refractivity contribution < 1.29 is 72.9 Å². The molecule has 103 heavy (non-hydrogen) atoms. The highest BCUT2D eigenvalue weighted by Crippen LogP contribution is 2.23. The van der Waals surface area contributed by atoms with Crippen LogP contribution in [0.4, 0.5) is 0 Å². The van der Waals surface area contributed by atoms with E-state index in [9.17, 15) is 63.3 Å². The van der Waals surface area contributed by atoms with Gasteiger partial charge >= 0.3 is 5.97 Å². The maximum Gasteiger partial charge on any atom is 0.305 e. The van der Waals surface area contributed by atoms with Crippen molar-refractivity contribution in [1.29, 1.82) is 0 Å². The molecule has 30 nitrogen and oxygen atoms in total. The summed E-state index contributed by atoms with van der Waals surface area (Å²) >= 11 is 8.40. The number of rotatable bonds is 37. The molecule has 32 heteroatoms. The molecule has 0 saturated carbocycles. The topological polar surface area (TPSA) is 474 Å². The van der Waals surface area contributed by atoms with Crippen molar-refractivity contribution in [2.75, 3.05) is 18.6 Å². The second-order valence-corrected chi connectivity index (χ2v) is 26.0. The number of nitrogens with one attached hydrogen (secondary N) is 11. The van der Waals surface area contributed by atoms with Crippen LogP contribution in [0.25, 0.3) is 21.7 Å². The number of hydrogen-bond donors (Lipinski definition) is 18. The van der Waals surface area contributed by atoms with Crippen molar-refractivity contribution in [3.05, 3.63) is 168 Å². The SMILES string of the molecule is CC(C)[C@H](NC(=O)[C@H](Cc1c[nH]c2ccccc12)NC(=O)[C@H](CC(=O)O)NC(=O)[C@H](C)NC(=O)[C@@H](N)CS)C(=O)N[C@@H](CS)C(=O)N[C@@H](Cc1ccc(O)cc1)C(=O)N[C@@H](Cc1cccc2ccccc12)C(=O)N[C@@H](Cc1cnc[nH]1)C(=O)N[C@H](C(=O)N(C)[C@@H](Cc1ccccc1)C(N)=O)[C@@H](C)O. The number of amides is 11. The first-order valence-corrected chi connectivity index (χ1v) is 34.3. The molecule has 548 valence electrons. The van der Waals surface area contributed by atoms with Gasteiger partial charge in [0.15, 0.2) is 0 Å². The van der Waals surface area contributed by atoms with Crippen LogP contribution in [0.5, 0.6) is 5.75 Å². The lowest BCUT2D eigenvalue weighted by Crippen LogP contribution is -2.62. The van der Waals surface area contributed by atoms with Gasteiger partial charge in [-0.05, 0) is 71.0 Å². The number of carboxylic acids is 1. The molecule has 0 aliphatic rings. The molecule has 0 aliphatic carbocycles. The first-order chi connectivity index (χ1) is 49.0. The van der Waals surface area contributed by atoms with Crippen molar-refractivity contribution in [3.8, 4) is 5.75 Å². The van der Waals surface area contributed by atoms with Crippen LogP contribution in [0.3, 0.4) is 0 Å². The van der Waals surface area contributed by atoms with E-state index in [1.165, 1.54) is 57.7 Å². The standard InChI is InChI=1S/C71H87N15O15S2/c1-37(2)59(84-67(97)53(29-44-32-75-50-21-12-11-20-48(44)50)81-66(96)55(31-58(89)90)78-62(92)38(3)77-63(93)49(72)34-102)70(100)83-56(35-103)69(99)79-51(26-41-22-24-46(88)25-23-41)64(94)80-52(28-43-18-13-17-42-16-9-10-19-47(42)43)65(95)82-54(30-45-33-74-36-76-45)68(98)85-60(39(4)87)71(101)86(5)57(61(73)91)27-40-14-7-6-8-15-40/h6-25,32-33,36-39,49,51-57,59-60,75,87-88,102-103H,26-31,34-35,72H2,1-5H3,(H2,73,91)(H,74,76)(H,77,93)(H,78,92)(H,79,99)(H,80,94)(H,81,96)(H,82,95)(H,83,100)(H,84,97)(H,85,98)(H,89,90)/t38-,39+,49-,51-,52-,53-,54-,55-,56-,57-,59-,60-/m0/s1. The number of carboxylic acid groups (broad SMARTS) is 1. The van der Waals surface area contributed by atoms with Crippen LogP contribution >= 0.6 is 25.3 Å². The number of aromatic hydroxyl groups is 1. The number of phenols is 1. The van der Waals surface area contributed by atoms with Gasteiger partial charge in [0.05, 0.1) is 24.9 Å². The lowest BCUT2D eigenvalue weighted by atomic mass is 9.97. The van der Waals surface area contributed by atoms with Gasteiger partial charge < -0.3 is 89.5 Å². The Hall–Kier alpha value is -10.8. The molecule has 2 aromatic heterocycles. The molecule has 0 radical (unpaired) electrons. The number of aromatic amines is 2. The average Bonchev–Trinajstić information content (AvgIpc) is 1.68. The molecule has 12 atom stereocenters. The Labute approximate surface area is 604 Å². The van der Waals surface area contributed by atoms with Crippen LogP contribution in [0.2, 0.25) is 0 Å². The molecule has 0 aliphatic heterocycles. The van der Waals surface area contributed by atoms with Crippen LogP contribution in [0, 0.1) is 5.92 Å². The van der Waals surface area contributed by atoms with Gasteiger partial charge in [-0.3, -0.25) is 57.5 Å². The number of hydrogen-bond acceptors (Lipinski definition) is 18. The smallest absolute Gasteiger partial charge is 0.305 e. The third kappa shape index (κ3) is 22.6. The number of nitrogens with zero attached hydrogens (tertiary/aromatic N) is 2. The van der Waals surface area contributed by atoms with Crippen LogP contribution in [-0.2, 0) is 89.6 Å². The largest absolute Gasteiger partial charge is 0.508 e. The van der Waals surface area contributed by atoms with Gasteiger partial charge in [-0.1, -0.05) is 117 Å². The molecule has 5 aromatic carbocycles. The zero-order valence-electron chi connectivity index (χ0n) is 57.1. The van der Waals surface area contributed by atoms with E-state index in [0.29, 0.717) is 44.2 Å². The maximum atomic E-state index is 15.2. The fourth-order valence-electron chi connectivity index (χ4n) is 11.3. The number of carbonyl (C=O) groups is 12. The number of imidazole rings is 1. The van der Waals surface area contributed by atoms with E-state index < -0.39 is 162 Å². The van der Waals surface area contributed by atoms with Crippen molar-refractivity contribution in [1.82, 2.24) is 67.7 Å². The number of fused-ring (bicyclic) bond motifs is 2. The van der Waals surface area contributed by atoms with E-state index in [-0.39, 0.29) is 43.6 Å². The van der Waals surface area contributed by atoms with Gasteiger partial charge in [0, 0.05) is 79.6 Å². The molecule has 18 N–H and O–H groups in total.